The zero-order valence-corrected chi connectivity index (χ0v) is 14.8. The minimum Gasteiger partial charge on any atom is -0.389 e. The Kier molecular flexibility index (Phi) is 5.26. The third-order valence-corrected chi connectivity index (χ3v) is 4.87. The van der Waals surface area contributed by atoms with Crippen LogP contribution in [0.1, 0.15) is 30.1 Å². The monoisotopic (exact) mass is 355 g/mol. The van der Waals surface area contributed by atoms with Gasteiger partial charge in [0.1, 0.15) is 5.82 Å². The second-order valence-corrected chi connectivity index (χ2v) is 6.95. The molecule has 0 saturated carbocycles. The van der Waals surface area contributed by atoms with Gasteiger partial charge in [-0.25, -0.2) is 4.98 Å². The second kappa shape index (κ2) is 7.97. The predicted octanol–water partition coefficient (Wildman–Crippen LogP) is 1.60. The molecule has 0 spiro atoms. The lowest BCUT2D eigenvalue weighted by Crippen LogP contribution is -2.51. The molecule has 4 heterocycles. The Morgan fingerprint density at radius 2 is 2.19 bits per heavy atom. The molecule has 7 nitrogen and oxygen atoms in total. The lowest BCUT2D eigenvalue weighted by molar-refractivity contribution is 0.140. The van der Waals surface area contributed by atoms with E-state index in [0.717, 1.165) is 56.2 Å². The summed E-state index contributed by atoms with van der Waals surface area (Å²) in [5.41, 5.74) is 2.14. The Balaban J connectivity index is 1.40. The Labute approximate surface area is 153 Å². The van der Waals surface area contributed by atoms with Crippen LogP contribution in [0.4, 0.5) is 11.8 Å². The van der Waals surface area contributed by atoms with Gasteiger partial charge in [0.05, 0.1) is 18.4 Å². The van der Waals surface area contributed by atoms with Gasteiger partial charge in [0.15, 0.2) is 0 Å². The van der Waals surface area contributed by atoms with E-state index in [1.54, 1.807) is 0 Å². The van der Waals surface area contributed by atoms with Crippen molar-refractivity contribution in [1.82, 2.24) is 15.0 Å². The summed E-state index contributed by atoms with van der Waals surface area (Å²) in [6.45, 7) is 3.54. The van der Waals surface area contributed by atoms with Crippen LogP contribution in [0.2, 0.25) is 0 Å². The fourth-order valence-electron chi connectivity index (χ4n) is 3.31. The molecule has 2 N–H and O–H groups in total. The maximum atomic E-state index is 9.57. The standard InChI is InChI=1S/C19H25N5O2/c25-16-11-24(12-16)19-22-17(14-6-9-26-13-14)10-18(23-19)21-8-3-5-15-4-1-2-7-20-15/h1-2,4,7,10,14,16,25H,3,5-6,8-9,11-13H2,(H,21,22,23). The average molecular weight is 355 g/mol. The number of aryl methyl sites for hydroxylation is 1. The molecular weight excluding hydrogens is 330 g/mol. The molecule has 7 heteroatoms. The van der Waals surface area contributed by atoms with Crippen molar-refractivity contribution in [3.63, 3.8) is 0 Å². The Morgan fingerprint density at radius 1 is 1.27 bits per heavy atom. The highest BCUT2D eigenvalue weighted by Gasteiger charge is 2.28. The molecule has 1 unspecified atom stereocenters. The number of aliphatic hydroxyl groups is 1. The maximum absolute atomic E-state index is 9.57. The van der Waals surface area contributed by atoms with Gasteiger partial charge in [-0.1, -0.05) is 6.07 Å². The van der Waals surface area contributed by atoms with Gasteiger partial charge in [0, 0.05) is 50.1 Å². The summed E-state index contributed by atoms with van der Waals surface area (Å²) in [4.78, 5) is 15.7. The lowest BCUT2D eigenvalue weighted by Gasteiger charge is -2.36. The number of hydrogen-bond donors (Lipinski definition) is 2. The van der Waals surface area contributed by atoms with Crippen LogP contribution in [0.15, 0.2) is 30.5 Å². The summed E-state index contributed by atoms with van der Waals surface area (Å²) in [7, 11) is 0. The molecule has 0 aliphatic carbocycles. The fourth-order valence-corrected chi connectivity index (χ4v) is 3.31. The molecule has 2 aromatic heterocycles. The number of pyridine rings is 1. The highest BCUT2D eigenvalue weighted by atomic mass is 16.5. The summed E-state index contributed by atoms with van der Waals surface area (Å²) >= 11 is 0. The average Bonchev–Trinajstić information content (AvgIpc) is 3.18. The van der Waals surface area contributed by atoms with Gasteiger partial charge in [-0.3, -0.25) is 4.98 Å². The smallest absolute Gasteiger partial charge is 0.227 e. The van der Waals surface area contributed by atoms with Crippen molar-refractivity contribution >= 4 is 11.8 Å². The number of β-amino-alcohol motifs (C(OH)–C–C–N with tert-alkyl or cyclic N) is 1. The van der Waals surface area contributed by atoms with E-state index in [9.17, 15) is 5.11 Å². The van der Waals surface area contributed by atoms with Crippen LogP contribution in [0, 0.1) is 0 Å². The molecule has 0 radical (unpaired) electrons. The van der Waals surface area contributed by atoms with Crippen LogP contribution < -0.4 is 10.2 Å². The molecule has 1 atom stereocenters. The van der Waals surface area contributed by atoms with Gasteiger partial charge >= 0.3 is 0 Å². The molecule has 138 valence electrons. The quantitative estimate of drug-likeness (QED) is 0.730. The van der Waals surface area contributed by atoms with E-state index in [1.165, 1.54) is 0 Å². The number of anilines is 2. The summed E-state index contributed by atoms with van der Waals surface area (Å²) in [6, 6.07) is 8.05. The Hall–Kier alpha value is -2.25. The van der Waals surface area contributed by atoms with E-state index >= 15 is 0 Å². The minimum absolute atomic E-state index is 0.271. The normalized spacial score (nSPS) is 20.2. The summed E-state index contributed by atoms with van der Waals surface area (Å²) in [5.74, 6) is 1.88. The van der Waals surface area contributed by atoms with E-state index in [-0.39, 0.29) is 6.10 Å². The van der Waals surface area contributed by atoms with Gasteiger partial charge in [-0.05, 0) is 31.4 Å². The van der Waals surface area contributed by atoms with E-state index < -0.39 is 0 Å². The van der Waals surface area contributed by atoms with Crippen molar-refractivity contribution in [3.05, 3.63) is 41.9 Å². The molecule has 4 rings (SSSR count). The molecule has 0 bridgehead atoms. The van der Waals surface area contributed by atoms with Gasteiger partial charge < -0.3 is 20.1 Å². The minimum atomic E-state index is -0.271. The Morgan fingerprint density at radius 3 is 2.92 bits per heavy atom. The highest BCUT2D eigenvalue weighted by Crippen LogP contribution is 2.28. The summed E-state index contributed by atoms with van der Waals surface area (Å²) < 4.78 is 5.52. The third kappa shape index (κ3) is 4.11. The largest absolute Gasteiger partial charge is 0.389 e. The van der Waals surface area contributed by atoms with E-state index in [2.05, 4.69) is 21.4 Å². The molecule has 2 aromatic rings. The number of hydrogen-bond acceptors (Lipinski definition) is 7. The zero-order chi connectivity index (χ0) is 17.8. The number of aliphatic hydroxyl groups excluding tert-OH is 1. The van der Waals surface area contributed by atoms with Crippen molar-refractivity contribution < 1.29 is 9.84 Å². The maximum Gasteiger partial charge on any atom is 0.227 e. The van der Waals surface area contributed by atoms with E-state index in [4.69, 9.17) is 9.72 Å². The van der Waals surface area contributed by atoms with Crippen molar-refractivity contribution in [2.45, 2.75) is 31.3 Å². The van der Waals surface area contributed by atoms with Crippen LogP contribution in [-0.4, -0.2) is 59.0 Å². The molecule has 26 heavy (non-hydrogen) atoms. The zero-order valence-electron chi connectivity index (χ0n) is 14.8. The molecular formula is C19H25N5O2. The first-order valence-corrected chi connectivity index (χ1v) is 9.31. The predicted molar refractivity (Wildman–Crippen MR) is 99.5 cm³/mol. The van der Waals surface area contributed by atoms with Crippen molar-refractivity contribution in [2.75, 3.05) is 43.1 Å². The second-order valence-electron chi connectivity index (χ2n) is 6.95. The number of aromatic nitrogens is 3. The van der Waals surface area contributed by atoms with Crippen molar-refractivity contribution in [3.8, 4) is 0 Å². The molecule has 2 saturated heterocycles. The van der Waals surface area contributed by atoms with Gasteiger partial charge in [-0.15, -0.1) is 0 Å². The highest BCUT2D eigenvalue weighted by molar-refractivity contribution is 5.46. The van der Waals surface area contributed by atoms with Crippen molar-refractivity contribution in [2.24, 2.45) is 0 Å². The van der Waals surface area contributed by atoms with Crippen LogP contribution in [0.5, 0.6) is 0 Å². The number of ether oxygens (including phenoxy) is 1. The third-order valence-electron chi connectivity index (χ3n) is 4.87. The molecule has 2 aliphatic heterocycles. The van der Waals surface area contributed by atoms with Gasteiger partial charge in [-0.2, -0.15) is 4.98 Å². The van der Waals surface area contributed by atoms with Crippen LogP contribution in [-0.2, 0) is 11.2 Å². The molecule has 0 amide bonds. The van der Waals surface area contributed by atoms with Crippen LogP contribution in [0.25, 0.3) is 0 Å². The van der Waals surface area contributed by atoms with Gasteiger partial charge in [0.25, 0.3) is 0 Å². The molecule has 0 aromatic carbocycles. The molecule has 2 fully saturated rings. The lowest BCUT2D eigenvalue weighted by atomic mass is 10.0. The topological polar surface area (TPSA) is 83.4 Å². The Bertz CT molecular complexity index is 715. The van der Waals surface area contributed by atoms with E-state index in [1.807, 2.05) is 29.3 Å². The SMILES string of the molecule is OC1CN(c2nc(NCCCc3ccccn3)cc(C3CCOC3)n2)C1. The van der Waals surface area contributed by atoms with Gasteiger partial charge in [0.2, 0.25) is 5.95 Å². The van der Waals surface area contributed by atoms with Crippen LogP contribution >= 0.6 is 0 Å². The number of nitrogens with one attached hydrogen (secondary N) is 1. The van der Waals surface area contributed by atoms with Crippen molar-refractivity contribution in [1.29, 1.82) is 0 Å². The first kappa shape index (κ1) is 17.2. The van der Waals surface area contributed by atoms with Crippen LogP contribution in [0.3, 0.4) is 0 Å². The summed E-state index contributed by atoms with van der Waals surface area (Å²) in [5, 5.41) is 13.0. The summed E-state index contributed by atoms with van der Waals surface area (Å²) in [6.07, 6.45) is 4.48. The number of rotatable bonds is 7. The first-order valence-electron chi connectivity index (χ1n) is 9.31. The number of nitrogens with zero attached hydrogens (tertiary/aromatic N) is 4. The van der Waals surface area contributed by atoms with E-state index in [0.29, 0.717) is 25.0 Å². The fraction of sp³-hybridized carbons (Fsp3) is 0.526. The first-order chi connectivity index (χ1) is 12.8. The molecule has 2 aliphatic rings.